The number of likely N-dealkylation sites (N-methyl/N-ethyl adjacent to an activating group) is 1. The van der Waals surface area contributed by atoms with Crippen molar-refractivity contribution in [2.45, 2.75) is 49.8 Å². The molecule has 9 nitrogen and oxygen atoms in total. The van der Waals surface area contributed by atoms with Gasteiger partial charge in [0.1, 0.15) is 17.6 Å². The summed E-state index contributed by atoms with van der Waals surface area (Å²) in [6.45, 7) is 5.40. The van der Waals surface area contributed by atoms with E-state index in [9.17, 15) is 22.4 Å². The maximum Gasteiger partial charge on any atom is 0.324 e. The van der Waals surface area contributed by atoms with Crippen molar-refractivity contribution in [1.82, 2.24) is 9.21 Å². The van der Waals surface area contributed by atoms with E-state index < -0.39 is 45.0 Å². The van der Waals surface area contributed by atoms with Gasteiger partial charge in [-0.2, -0.15) is 4.31 Å². The van der Waals surface area contributed by atoms with Crippen molar-refractivity contribution in [2.75, 3.05) is 27.2 Å². The minimum atomic E-state index is -3.95. The van der Waals surface area contributed by atoms with Crippen molar-refractivity contribution in [3.63, 3.8) is 0 Å². The number of nitrogens with zero attached hydrogens (tertiary/aromatic N) is 2. The molecule has 12 heteroatoms. The van der Waals surface area contributed by atoms with Gasteiger partial charge in [-0.15, -0.1) is 12.4 Å². The number of amides is 1. The molecule has 1 heterocycles. The first-order chi connectivity index (χ1) is 20.1. The lowest BCUT2D eigenvalue weighted by Crippen LogP contribution is -2.64. The second-order valence-corrected chi connectivity index (χ2v) is 14.0. The molecule has 4 rings (SSSR count). The Kier molecular flexibility index (Phi) is 10.8. The third kappa shape index (κ3) is 7.76. The first kappa shape index (κ1) is 35.0. The topological polar surface area (TPSA) is 119 Å². The van der Waals surface area contributed by atoms with Gasteiger partial charge in [-0.25, -0.2) is 12.8 Å². The van der Waals surface area contributed by atoms with E-state index >= 15 is 0 Å². The highest BCUT2D eigenvalue weighted by Gasteiger charge is 2.52. The quantitative estimate of drug-likeness (QED) is 0.329. The van der Waals surface area contributed by atoms with Gasteiger partial charge in [0, 0.05) is 25.6 Å². The van der Waals surface area contributed by atoms with Crippen LogP contribution in [0.15, 0.2) is 83.8 Å². The van der Waals surface area contributed by atoms with Gasteiger partial charge in [-0.05, 0) is 41.8 Å². The summed E-state index contributed by atoms with van der Waals surface area (Å²) in [6, 6.07) is 20.0. The maximum atomic E-state index is 13.9. The summed E-state index contributed by atoms with van der Waals surface area (Å²) in [4.78, 5) is 26.9. The molecule has 3 aromatic carbocycles. The van der Waals surface area contributed by atoms with E-state index in [4.69, 9.17) is 15.2 Å². The Morgan fingerprint density at radius 3 is 2.23 bits per heavy atom. The minimum Gasteiger partial charge on any atom is -0.480 e. The van der Waals surface area contributed by atoms with Gasteiger partial charge in [0.05, 0.1) is 18.0 Å². The number of sulfonamides is 1. The van der Waals surface area contributed by atoms with Crippen molar-refractivity contribution < 1.29 is 31.9 Å². The molecule has 1 saturated heterocycles. The molecule has 0 unspecified atom stereocenters. The molecule has 44 heavy (non-hydrogen) atoms. The molecule has 0 aromatic heterocycles. The number of halogens is 2. The van der Waals surface area contributed by atoms with Crippen molar-refractivity contribution >= 4 is 34.3 Å². The third-order valence-corrected chi connectivity index (χ3v) is 9.04. The van der Waals surface area contributed by atoms with Gasteiger partial charge < -0.3 is 20.1 Å². The third-order valence-electron chi connectivity index (χ3n) is 7.25. The Morgan fingerprint density at radius 1 is 1.00 bits per heavy atom. The first-order valence-electron chi connectivity index (χ1n) is 13.9. The van der Waals surface area contributed by atoms with Gasteiger partial charge in [-0.3, -0.25) is 9.59 Å². The van der Waals surface area contributed by atoms with E-state index in [0.717, 1.165) is 5.56 Å². The van der Waals surface area contributed by atoms with Crippen LogP contribution < -0.4 is 10.5 Å². The van der Waals surface area contributed by atoms with Crippen molar-refractivity contribution in [3.05, 3.63) is 95.8 Å². The van der Waals surface area contributed by atoms with Crippen molar-refractivity contribution in [1.29, 1.82) is 0 Å². The van der Waals surface area contributed by atoms with Crippen LogP contribution in [0, 0.1) is 11.2 Å². The average molecular weight is 648 g/mol. The van der Waals surface area contributed by atoms with E-state index in [1.54, 1.807) is 53.1 Å². The smallest absolute Gasteiger partial charge is 0.324 e. The van der Waals surface area contributed by atoms with Crippen LogP contribution in [0.3, 0.4) is 0 Å². The largest absolute Gasteiger partial charge is 0.480 e. The first-order valence-corrected chi connectivity index (χ1v) is 15.3. The molecule has 1 fully saturated rings. The van der Waals surface area contributed by atoms with Gasteiger partial charge in [0.25, 0.3) is 5.91 Å². The van der Waals surface area contributed by atoms with E-state index in [1.165, 1.54) is 39.5 Å². The fourth-order valence-electron chi connectivity index (χ4n) is 4.85. The van der Waals surface area contributed by atoms with Crippen LogP contribution in [-0.2, 0) is 36.4 Å². The summed E-state index contributed by atoms with van der Waals surface area (Å²) < 4.78 is 54.2. The number of carbonyl (C=O) groups excluding carboxylic acids is 2. The monoisotopic (exact) mass is 647 g/mol. The van der Waals surface area contributed by atoms with Crippen LogP contribution in [-0.4, -0.2) is 68.8 Å². The van der Waals surface area contributed by atoms with Crippen LogP contribution in [0.4, 0.5) is 4.39 Å². The van der Waals surface area contributed by atoms with Crippen LogP contribution in [0.25, 0.3) is 0 Å². The van der Waals surface area contributed by atoms with Crippen LogP contribution in [0.5, 0.6) is 5.75 Å². The number of rotatable bonds is 10. The van der Waals surface area contributed by atoms with E-state index in [0.29, 0.717) is 11.3 Å². The molecule has 0 radical (unpaired) electrons. The highest BCUT2D eigenvalue weighted by Crippen LogP contribution is 2.40. The lowest BCUT2D eigenvalue weighted by Gasteiger charge is -2.48. The zero-order valence-electron chi connectivity index (χ0n) is 25.4. The molecular formula is C32H39ClFN3O6S. The van der Waals surface area contributed by atoms with Gasteiger partial charge in [0.15, 0.2) is 11.7 Å². The Labute approximate surface area is 264 Å². The van der Waals surface area contributed by atoms with E-state index in [2.05, 4.69) is 0 Å². The number of nitrogens with two attached hydrogens (primary N) is 1. The van der Waals surface area contributed by atoms with E-state index in [1.807, 2.05) is 30.3 Å². The van der Waals surface area contributed by atoms with Gasteiger partial charge >= 0.3 is 5.97 Å². The molecule has 3 aromatic rings. The molecule has 0 bridgehead atoms. The number of ether oxygens (including phenoxy) is 2. The lowest BCUT2D eigenvalue weighted by molar-refractivity contribution is -0.167. The number of hydrogen-bond donors (Lipinski definition) is 1. The molecule has 0 aliphatic carbocycles. The maximum absolute atomic E-state index is 13.9. The van der Waals surface area contributed by atoms with Gasteiger partial charge in [0.2, 0.25) is 10.0 Å². The van der Waals surface area contributed by atoms with E-state index in [-0.39, 0.29) is 42.7 Å². The number of esters is 1. The zero-order valence-corrected chi connectivity index (χ0v) is 27.0. The minimum absolute atomic E-state index is 0. The van der Waals surface area contributed by atoms with Crippen LogP contribution >= 0.6 is 12.4 Å². The molecule has 2 N–H and O–H groups in total. The highest BCUT2D eigenvalue weighted by molar-refractivity contribution is 7.89. The fraction of sp³-hybridized carbons (Fsp3) is 0.375. The molecular weight excluding hydrogens is 609 g/mol. The summed E-state index contributed by atoms with van der Waals surface area (Å²) in [5, 5.41) is 0. The Hall–Kier alpha value is -3.51. The standard InChI is InChI=1S/C32H38FN3O6S.ClH/c1-31(2,3)28(29(37)35(4)5)41-30(38)27(34)18-22-11-9-16-26(17-22)43(39,40)36-20-32(21-36,23-12-7-6-8-13-23)42-25-15-10-14-24(33)19-25;/h6-17,19,27-28H,18,20-21,34H2,1-5H3;1H/t27-,28-;/m0./s1. The molecule has 1 amide bonds. The van der Waals surface area contributed by atoms with Crippen LogP contribution in [0.2, 0.25) is 0 Å². The second-order valence-electron chi connectivity index (χ2n) is 12.1. The summed E-state index contributed by atoms with van der Waals surface area (Å²) in [6.07, 6.45) is -1.02. The summed E-state index contributed by atoms with van der Waals surface area (Å²) in [5.41, 5.74) is 5.78. The molecule has 2 atom stereocenters. The normalized spacial score (nSPS) is 16.1. The Balaban J connectivity index is 0.00000529. The lowest BCUT2D eigenvalue weighted by atomic mass is 9.87. The van der Waals surface area contributed by atoms with Crippen molar-refractivity contribution in [2.24, 2.45) is 11.1 Å². The summed E-state index contributed by atoms with van der Waals surface area (Å²) in [7, 11) is -0.788. The number of carbonyl (C=O) groups is 2. The van der Waals surface area contributed by atoms with Crippen LogP contribution in [0.1, 0.15) is 31.9 Å². The molecule has 0 spiro atoms. The SMILES string of the molecule is CN(C)C(=O)[C@H](OC(=O)[C@@H](N)Cc1cccc(S(=O)(=O)N2CC(Oc3cccc(F)c3)(c3ccccc3)C2)c1)C(C)(C)C.Cl. The average Bonchev–Trinajstić information content (AvgIpc) is 2.92. The Morgan fingerprint density at radius 2 is 1.64 bits per heavy atom. The van der Waals surface area contributed by atoms with Gasteiger partial charge in [-0.1, -0.05) is 69.3 Å². The molecule has 1 aliphatic rings. The molecule has 0 saturated carbocycles. The summed E-state index contributed by atoms with van der Waals surface area (Å²) >= 11 is 0. The predicted molar refractivity (Wildman–Crippen MR) is 167 cm³/mol. The summed E-state index contributed by atoms with van der Waals surface area (Å²) in [5.74, 6) is -1.27. The number of hydrogen-bond acceptors (Lipinski definition) is 7. The highest BCUT2D eigenvalue weighted by atomic mass is 35.5. The predicted octanol–water partition coefficient (Wildman–Crippen LogP) is 4.14. The zero-order chi connectivity index (χ0) is 31.6. The Bertz CT molecular complexity index is 1570. The molecule has 238 valence electrons. The number of benzene rings is 3. The fourth-order valence-corrected chi connectivity index (χ4v) is 6.46. The molecule has 1 aliphatic heterocycles. The second kappa shape index (κ2) is 13.6. The van der Waals surface area contributed by atoms with Crippen molar-refractivity contribution in [3.8, 4) is 5.75 Å².